The zero-order chi connectivity index (χ0) is 24.1. The Morgan fingerprint density at radius 2 is 1.76 bits per heavy atom. The van der Waals surface area contributed by atoms with Crippen LogP contribution in [0, 0.1) is 0 Å². The molecule has 0 bridgehead atoms. The van der Waals surface area contributed by atoms with Gasteiger partial charge in [-0.15, -0.1) is 0 Å². The number of ether oxygens (including phenoxy) is 3. The maximum Gasteiger partial charge on any atom is 0.315 e. The number of amides is 1. The SMILES string of the molecule is COc1cc2nccc(Oc3ccc(CC(=O)Oc4ccccc4)c(Cl)c3)c2cc1NC(C)=O. The van der Waals surface area contributed by atoms with Gasteiger partial charge in [-0.05, 0) is 42.0 Å². The lowest BCUT2D eigenvalue weighted by atomic mass is 10.1. The van der Waals surface area contributed by atoms with Gasteiger partial charge in [0.2, 0.25) is 5.91 Å². The number of anilines is 1. The van der Waals surface area contributed by atoms with Crippen molar-refractivity contribution in [1.82, 2.24) is 4.98 Å². The smallest absolute Gasteiger partial charge is 0.315 e. The molecule has 1 aromatic heterocycles. The molecule has 0 aliphatic carbocycles. The summed E-state index contributed by atoms with van der Waals surface area (Å²) in [5.74, 6) is 1.32. The summed E-state index contributed by atoms with van der Waals surface area (Å²) in [7, 11) is 1.52. The average molecular weight is 477 g/mol. The minimum absolute atomic E-state index is 0.0199. The summed E-state index contributed by atoms with van der Waals surface area (Å²) in [4.78, 5) is 28.2. The van der Waals surface area contributed by atoms with E-state index in [1.54, 1.807) is 66.9 Å². The second kappa shape index (κ2) is 10.2. The van der Waals surface area contributed by atoms with Gasteiger partial charge in [-0.1, -0.05) is 35.9 Å². The Bertz CT molecular complexity index is 1360. The lowest BCUT2D eigenvalue weighted by Crippen LogP contribution is -2.11. The van der Waals surface area contributed by atoms with Gasteiger partial charge in [-0.25, -0.2) is 0 Å². The van der Waals surface area contributed by atoms with Crippen LogP contribution >= 0.6 is 11.6 Å². The predicted molar refractivity (Wildman–Crippen MR) is 130 cm³/mol. The number of para-hydroxylation sites is 1. The first-order chi connectivity index (χ1) is 16.4. The van der Waals surface area contributed by atoms with Crippen LogP contribution in [0.15, 0.2) is 72.9 Å². The monoisotopic (exact) mass is 476 g/mol. The number of pyridine rings is 1. The molecular weight excluding hydrogens is 456 g/mol. The Kier molecular flexibility index (Phi) is 6.94. The minimum Gasteiger partial charge on any atom is -0.494 e. The highest BCUT2D eigenvalue weighted by Gasteiger charge is 2.14. The van der Waals surface area contributed by atoms with E-state index in [2.05, 4.69) is 10.3 Å². The van der Waals surface area contributed by atoms with Crippen molar-refractivity contribution in [2.45, 2.75) is 13.3 Å². The van der Waals surface area contributed by atoms with Crippen LogP contribution in [0.4, 0.5) is 5.69 Å². The zero-order valence-corrected chi connectivity index (χ0v) is 19.3. The lowest BCUT2D eigenvalue weighted by Gasteiger charge is -2.14. The highest BCUT2D eigenvalue weighted by molar-refractivity contribution is 6.31. The number of carbonyl (C=O) groups is 2. The summed E-state index contributed by atoms with van der Waals surface area (Å²) in [5, 5.41) is 3.80. The third-order valence-corrected chi connectivity index (χ3v) is 5.25. The quantitative estimate of drug-likeness (QED) is 0.268. The summed E-state index contributed by atoms with van der Waals surface area (Å²) in [6.07, 6.45) is 1.64. The second-order valence-corrected chi connectivity index (χ2v) is 7.79. The Morgan fingerprint density at radius 1 is 0.971 bits per heavy atom. The van der Waals surface area contributed by atoms with Crippen LogP contribution in [0.2, 0.25) is 5.02 Å². The number of aromatic nitrogens is 1. The fraction of sp³-hybridized carbons (Fsp3) is 0.115. The van der Waals surface area contributed by atoms with E-state index < -0.39 is 5.97 Å². The summed E-state index contributed by atoms with van der Waals surface area (Å²) in [5.41, 5.74) is 1.76. The molecule has 172 valence electrons. The van der Waals surface area contributed by atoms with Crippen molar-refractivity contribution in [2.24, 2.45) is 0 Å². The molecule has 7 nitrogen and oxygen atoms in total. The molecule has 4 rings (SSSR count). The summed E-state index contributed by atoms with van der Waals surface area (Å²) >= 11 is 6.42. The van der Waals surface area contributed by atoms with E-state index in [1.165, 1.54) is 14.0 Å². The minimum atomic E-state index is -0.415. The van der Waals surface area contributed by atoms with E-state index in [-0.39, 0.29) is 12.3 Å². The molecule has 1 N–H and O–H groups in total. The van der Waals surface area contributed by atoms with Crippen molar-refractivity contribution in [3.63, 3.8) is 0 Å². The molecule has 0 unspecified atom stereocenters. The van der Waals surface area contributed by atoms with Gasteiger partial charge in [-0.3, -0.25) is 14.6 Å². The fourth-order valence-electron chi connectivity index (χ4n) is 3.37. The number of esters is 1. The molecule has 1 amide bonds. The number of nitrogens with one attached hydrogen (secondary N) is 1. The number of nitrogens with zero attached hydrogens (tertiary/aromatic N) is 1. The van der Waals surface area contributed by atoms with Crippen LogP contribution in [-0.2, 0) is 16.0 Å². The maximum absolute atomic E-state index is 12.3. The van der Waals surface area contributed by atoms with Gasteiger partial charge < -0.3 is 19.5 Å². The number of carbonyl (C=O) groups excluding carboxylic acids is 2. The Labute approximate surface area is 201 Å². The van der Waals surface area contributed by atoms with E-state index in [0.29, 0.717) is 50.2 Å². The van der Waals surface area contributed by atoms with Crippen LogP contribution in [0.5, 0.6) is 23.0 Å². The number of rotatable bonds is 7. The zero-order valence-electron chi connectivity index (χ0n) is 18.5. The lowest BCUT2D eigenvalue weighted by molar-refractivity contribution is -0.133. The van der Waals surface area contributed by atoms with Crippen LogP contribution in [0.3, 0.4) is 0 Å². The topological polar surface area (TPSA) is 86.8 Å². The third kappa shape index (κ3) is 5.44. The number of methoxy groups -OCH3 is 1. The van der Waals surface area contributed by atoms with E-state index in [4.69, 9.17) is 25.8 Å². The Morgan fingerprint density at radius 3 is 2.47 bits per heavy atom. The van der Waals surface area contributed by atoms with Gasteiger partial charge in [0.05, 0.1) is 24.7 Å². The van der Waals surface area contributed by atoms with Crippen LogP contribution in [0.1, 0.15) is 12.5 Å². The van der Waals surface area contributed by atoms with E-state index >= 15 is 0 Å². The van der Waals surface area contributed by atoms with Crippen molar-refractivity contribution in [2.75, 3.05) is 12.4 Å². The molecule has 0 saturated heterocycles. The Balaban J connectivity index is 1.55. The highest BCUT2D eigenvalue weighted by atomic mass is 35.5. The third-order valence-electron chi connectivity index (χ3n) is 4.90. The van der Waals surface area contributed by atoms with Gasteiger partial charge >= 0.3 is 5.97 Å². The van der Waals surface area contributed by atoms with Crippen LogP contribution in [0.25, 0.3) is 10.9 Å². The summed E-state index contributed by atoms with van der Waals surface area (Å²) in [6.45, 7) is 1.42. The van der Waals surface area contributed by atoms with Gasteiger partial charge in [0, 0.05) is 29.6 Å². The number of hydrogen-bond donors (Lipinski definition) is 1. The molecule has 0 radical (unpaired) electrons. The van der Waals surface area contributed by atoms with Gasteiger partial charge in [-0.2, -0.15) is 0 Å². The molecule has 8 heteroatoms. The molecule has 0 aliphatic heterocycles. The van der Waals surface area contributed by atoms with Crippen molar-refractivity contribution in [3.8, 4) is 23.0 Å². The highest BCUT2D eigenvalue weighted by Crippen LogP contribution is 2.36. The molecule has 0 aliphatic rings. The number of hydrogen-bond acceptors (Lipinski definition) is 6. The average Bonchev–Trinajstić information content (AvgIpc) is 2.81. The first-order valence-electron chi connectivity index (χ1n) is 10.4. The standard InChI is InChI=1S/C26H21ClN2O5/c1-16(30)29-23-14-20-22(15-25(23)32-2)28-11-10-24(20)33-19-9-8-17(21(27)13-19)12-26(31)34-18-6-4-3-5-7-18/h3-11,13-15H,12H2,1-2H3,(H,29,30). The van der Waals surface area contributed by atoms with E-state index in [0.717, 1.165) is 0 Å². The molecule has 0 atom stereocenters. The van der Waals surface area contributed by atoms with Crippen molar-refractivity contribution >= 4 is 40.1 Å². The van der Waals surface area contributed by atoms with Crippen LogP contribution in [-0.4, -0.2) is 24.0 Å². The number of fused-ring (bicyclic) bond motifs is 1. The normalized spacial score (nSPS) is 10.6. The van der Waals surface area contributed by atoms with Crippen molar-refractivity contribution in [3.05, 3.63) is 83.5 Å². The maximum atomic E-state index is 12.3. The molecule has 0 saturated carbocycles. The van der Waals surface area contributed by atoms with Gasteiger partial charge in [0.25, 0.3) is 0 Å². The van der Waals surface area contributed by atoms with Gasteiger partial charge in [0.1, 0.15) is 23.0 Å². The van der Waals surface area contributed by atoms with Gasteiger partial charge in [0.15, 0.2) is 0 Å². The first kappa shape index (κ1) is 23.1. The fourth-order valence-corrected chi connectivity index (χ4v) is 3.60. The summed E-state index contributed by atoms with van der Waals surface area (Å²) < 4.78 is 16.8. The molecular formula is C26H21ClN2O5. The molecule has 0 fully saturated rings. The summed E-state index contributed by atoms with van der Waals surface area (Å²) in [6, 6.07) is 19.1. The molecule has 1 heterocycles. The van der Waals surface area contributed by atoms with E-state index in [9.17, 15) is 9.59 Å². The second-order valence-electron chi connectivity index (χ2n) is 7.38. The van der Waals surface area contributed by atoms with Crippen LogP contribution < -0.4 is 19.5 Å². The molecule has 4 aromatic rings. The first-order valence-corrected chi connectivity index (χ1v) is 10.8. The van der Waals surface area contributed by atoms with Crippen molar-refractivity contribution < 1.29 is 23.8 Å². The predicted octanol–water partition coefficient (Wildman–Crippen LogP) is 5.80. The molecule has 0 spiro atoms. The Hall–Kier alpha value is -4.10. The number of halogens is 1. The van der Waals surface area contributed by atoms with E-state index in [1.807, 2.05) is 6.07 Å². The van der Waals surface area contributed by atoms with Crippen molar-refractivity contribution in [1.29, 1.82) is 0 Å². The largest absolute Gasteiger partial charge is 0.494 e. The number of benzene rings is 3. The molecule has 3 aromatic carbocycles. The molecule has 34 heavy (non-hydrogen) atoms.